The molecule has 0 saturated heterocycles. The van der Waals surface area contributed by atoms with Crippen LogP contribution in [0.15, 0.2) is 45.5 Å². The molecule has 1 aromatic heterocycles. The maximum Gasteiger partial charge on any atom is 0.336 e. The number of hydrogen-bond donors (Lipinski definition) is 1. The molecule has 0 aliphatic carbocycles. The number of pyridine rings is 1. The zero-order chi connectivity index (χ0) is 13.8. The summed E-state index contributed by atoms with van der Waals surface area (Å²) in [6, 6.07) is 8.53. The number of aromatic nitrogens is 1. The van der Waals surface area contributed by atoms with Gasteiger partial charge in [-0.05, 0) is 62.2 Å². The van der Waals surface area contributed by atoms with Gasteiger partial charge >= 0.3 is 5.97 Å². The first-order valence-corrected chi connectivity index (χ1v) is 6.91. The van der Waals surface area contributed by atoms with E-state index in [0.717, 1.165) is 10.2 Å². The van der Waals surface area contributed by atoms with Crippen LogP contribution in [0.4, 0.5) is 0 Å². The predicted molar refractivity (Wildman–Crippen MR) is 77.4 cm³/mol. The Bertz CT molecular complexity index is 599. The fourth-order valence-electron chi connectivity index (χ4n) is 1.41. The lowest BCUT2D eigenvalue weighted by atomic mass is 10.2. The van der Waals surface area contributed by atoms with E-state index < -0.39 is 5.97 Å². The van der Waals surface area contributed by atoms with Crippen molar-refractivity contribution >= 4 is 37.8 Å². The van der Waals surface area contributed by atoms with E-state index in [1.54, 1.807) is 18.3 Å². The number of ether oxygens (including phenoxy) is 1. The van der Waals surface area contributed by atoms with E-state index in [2.05, 4.69) is 36.8 Å². The fraction of sp³-hybridized carbons (Fsp3) is 0.0769. The molecule has 0 radical (unpaired) electrons. The van der Waals surface area contributed by atoms with Gasteiger partial charge in [0.25, 0.3) is 0 Å². The van der Waals surface area contributed by atoms with Gasteiger partial charge in [-0.15, -0.1) is 0 Å². The highest BCUT2D eigenvalue weighted by molar-refractivity contribution is 9.10. The van der Waals surface area contributed by atoms with Crippen LogP contribution in [0.5, 0.6) is 5.75 Å². The molecule has 0 fully saturated rings. The van der Waals surface area contributed by atoms with Crippen molar-refractivity contribution in [2.24, 2.45) is 0 Å². The third kappa shape index (κ3) is 3.78. The summed E-state index contributed by atoms with van der Waals surface area (Å²) < 4.78 is 6.93. The molecule has 6 heteroatoms. The van der Waals surface area contributed by atoms with Gasteiger partial charge in [0.1, 0.15) is 12.4 Å². The normalized spacial score (nSPS) is 10.2. The minimum atomic E-state index is -1.00. The van der Waals surface area contributed by atoms with E-state index in [9.17, 15) is 4.79 Å². The van der Waals surface area contributed by atoms with Crippen LogP contribution in [0.3, 0.4) is 0 Å². The van der Waals surface area contributed by atoms with Gasteiger partial charge < -0.3 is 9.84 Å². The molecule has 0 atom stereocenters. The Hall–Kier alpha value is -1.40. The third-order valence-corrected chi connectivity index (χ3v) is 3.50. The molecule has 1 aromatic carbocycles. The first-order chi connectivity index (χ1) is 9.06. The summed E-state index contributed by atoms with van der Waals surface area (Å²) in [5.74, 6) is -0.510. The molecule has 0 bridgehead atoms. The van der Waals surface area contributed by atoms with Crippen LogP contribution in [-0.2, 0) is 6.61 Å². The lowest BCUT2D eigenvalue weighted by Gasteiger charge is -2.07. The first kappa shape index (κ1) is 14.0. The summed E-state index contributed by atoms with van der Waals surface area (Å²) in [6.45, 7) is 0.286. The highest BCUT2D eigenvalue weighted by Crippen LogP contribution is 2.23. The molecule has 1 N–H and O–H groups in total. The second-order valence-corrected chi connectivity index (χ2v) is 5.47. The van der Waals surface area contributed by atoms with E-state index in [-0.39, 0.29) is 12.2 Å². The second-order valence-electron chi connectivity index (χ2n) is 3.70. The minimum absolute atomic E-state index is 0.168. The topological polar surface area (TPSA) is 59.4 Å². The van der Waals surface area contributed by atoms with Gasteiger partial charge in [-0.3, -0.25) is 4.98 Å². The monoisotopic (exact) mass is 385 g/mol. The maximum atomic E-state index is 11.0. The Morgan fingerprint density at radius 3 is 2.68 bits per heavy atom. The summed E-state index contributed by atoms with van der Waals surface area (Å²) >= 11 is 6.48. The molecule has 1 heterocycles. The molecule has 0 unspecified atom stereocenters. The number of rotatable bonds is 4. The average Bonchev–Trinajstić information content (AvgIpc) is 2.39. The van der Waals surface area contributed by atoms with Crippen molar-refractivity contribution in [1.29, 1.82) is 0 Å². The molecule has 0 saturated carbocycles. The van der Waals surface area contributed by atoms with Gasteiger partial charge in [0.2, 0.25) is 0 Å². The summed E-state index contributed by atoms with van der Waals surface area (Å²) in [5, 5.41) is 9.00. The van der Waals surface area contributed by atoms with Crippen LogP contribution in [-0.4, -0.2) is 16.1 Å². The first-order valence-electron chi connectivity index (χ1n) is 5.32. The Labute approximate surface area is 126 Å². The summed E-state index contributed by atoms with van der Waals surface area (Å²) in [6.07, 6.45) is 1.68. The number of nitrogens with zero attached hydrogens (tertiary/aromatic N) is 1. The molecule has 0 aliphatic heterocycles. The highest BCUT2D eigenvalue weighted by atomic mass is 79.9. The van der Waals surface area contributed by atoms with Gasteiger partial charge in [0.15, 0.2) is 0 Å². The van der Waals surface area contributed by atoms with Gasteiger partial charge in [-0.1, -0.05) is 0 Å². The Balaban J connectivity index is 2.09. The van der Waals surface area contributed by atoms with E-state index in [0.29, 0.717) is 10.2 Å². The lowest BCUT2D eigenvalue weighted by molar-refractivity contribution is 0.0695. The Morgan fingerprint density at radius 2 is 2.05 bits per heavy atom. The van der Waals surface area contributed by atoms with Crippen molar-refractivity contribution in [3.8, 4) is 5.75 Å². The largest absolute Gasteiger partial charge is 0.487 e. The number of carbonyl (C=O) groups is 1. The van der Waals surface area contributed by atoms with Gasteiger partial charge in [-0.25, -0.2) is 4.79 Å². The molecule has 0 spiro atoms. The fourth-order valence-corrected chi connectivity index (χ4v) is 2.06. The standard InChI is InChI=1S/C13H9Br2NO3/c14-8-1-2-9(16-6-8)7-19-10-3-4-12(15)11(5-10)13(17)18/h1-6H,7H2,(H,17,18). The summed E-state index contributed by atoms with van der Waals surface area (Å²) in [7, 11) is 0. The predicted octanol–water partition coefficient (Wildman–Crippen LogP) is 3.88. The summed E-state index contributed by atoms with van der Waals surface area (Å²) in [4.78, 5) is 15.2. The van der Waals surface area contributed by atoms with E-state index in [1.807, 2.05) is 12.1 Å². The molecule has 2 aromatic rings. The number of aromatic carboxylic acids is 1. The maximum absolute atomic E-state index is 11.0. The average molecular weight is 387 g/mol. The van der Waals surface area contributed by atoms with Crippen molar-refractivity contribution < 1.29 is 14.6 Å². The number of carboxylic acids is 1. The van der Waals surface area contributed by atoms with Crippen molar-refractivity contribution in [2.45, 2.75) is 6.61 Å². The summed E-state index contributed by atoms with van der Waals surface area (Å²) in [5.41, 5.74) is 0.934. The van der Waals surface area contributed by atoms with Crippen molar-refractivity contribution in [3.63, 3.8) is 0 Å². The van der Waals surface area contributed by atoms with E-state index in [4.69, 9.17) is 9.84 Å². The van der Waals surface area contributed by atoms with Crippen LogP contribution in [0.2, 0.25) is 0 Å². The van der Waals surface area contributed by atoms with Crippen LogP contribution in [0.25, 0.3) is 0 Å². The smallest absolute Gasteiger partial charge is 0.336 e. The quantitative estimate of drug-likeness (QED) is 0.865. The number of hydrogen-bond acceptors (Lipinski definition) is 3. The molecular formula is C13H9Br2NO3. The molecule has 4 nitrogen and oxygen atoms in total. The molecule has 0 amide bonds. The van der Waals surface area contributed by atoms with Crippen LogP contribution in [0.1, 0.15) is 16.1 Å². The van der Waals surface area contributed by atoms with Crippen LogP contribution in [0, 0.1) is 0 Å². The zero-order valence-electron chi connectivity index (χ0n) is 9.64. The molecule has 98 valence electrons. The van der Waals surface area contributed by atoms with Crippen molar-refractivity contribution in [3.05, 3.63) is 56.7 Å². The van der Waals surface area contributed by atoms with Crippen molar-refractivity contribution in [1.82, 2.24) is 4.98 Å². The number of carboxylic acid groups (broad SMARTS) is 1. The third-order valence-electron chi connectivity index (χ3n) is 2.34. The van der Waals surface area contributed by atoms with Crippen LogP contribution >= 0.6 is 31.9 Å². The second kappa shape index (κ2) is 6.16. The van der Waals surface area contributed by atoms with Gasteiger partial charge in [-0.2, -0.15) is 0 Å². The Morgan fingerprint density at radius 1 is 1.26 bits per heavy atom. The zero-order valence-corrected chi connectivity index (χ0v) is 12.8. The number of halogens is 2. The molecule has 19 heavy (non-hydrogen) atoms. The lowest BCUT2D eigenvalue weighted by Crippen LogP contribution is -2.01. The van der Waals surface area contributed by atoms with Crippen LogP contribution < -0.4 is 4.74 Å². The number of benzene rings is 1. The molecular weight excluding hydrogens is 378 g/mol. The Kier molecular flexibility index (Phi) is 4.55. The van der Waals surface area contributed by atoms with Crippen molar-refractivity contribution in [2.75, 3.05) is 0 Å². The van der Waals surface area contributed by atoms with E-state index in [1.165, 1.54) is 6.07 Å². The molecule has 0 aliphatic rings. The molecule has 2 rings (SSSR count). The van der Waals surface area contributed by atoms with Gasteiger partial charge in [0.05, 0.1) is 11.3 Å². The van der Waals surface area contributed by atoms with E-state index >= 15 is 0 Å². The minimum Gasteiger partial charge on any atom is -0.487 e. The van der Waals surface area contributed by atoms with Gasteiger partial charge in [0, 0.05) is 15.1 Å². The highest BCUT2D eigenvalue weighted by Gasteiger charge is 2.09. The SMILES string of the molecule is O=C(O)c1cc(OCc2ccc(Br)cn2)ccc1Br.